The van der Waals surface area contributed by atoms with Crippen LogP contribution in [0.4, 0.5) is 4.39 Å². The van der Waals surface area contributed by atoms with E-state index >= 15 is 0 Å². The lowest BCUT2D eigenvalue weighted by molar-refractivity contribution is 0.630. The second kappa shape index (κ2) is 3.28. The molecule has 0 amide bonds. The van der Waals surface area contributed by atoms with Gasteiger partial charge < -0.3 is 0 Å². The normalized spacial score (nSPS) is 11.8. The first-order chi connectivity index (χ1) is 8.33. The molecule has 0 aliphatic rings. The highest BCUT2D eigenvalue weighted by molar-refractivity contribution is 7.36. The highest BCUT2D eigenvalue weighted by Gasteiger charge is 2.11. The molecule has 4 aromatic rings. The summed E-state index contributed by atoms with van der Waals surface area (Å²) in [5, 5.41) is 2.33. The van der Waals surface area contributed by atoms with Gasteiger partial charge in [0.1, 0.15) is 5.82 Å². The Bertz CT molecular complexity index is 854. The Balaban J connectivity index is 2.30. The second-order valence-electron chi connectivity index (χ2n) is 4.00. The molecule has 0 atom stereocenters. The Kier molecular flexibility index (Phi) is 1.84. The lowest BCUT2D eigenvalue weighted by Crippen LogP contribution is -1.69. The predicted molar refractivity (Wildman–Crippen MR) is 74.7 cm³/mol. The number of hydrogen-bond acceptors (Lipinski definition) is 2. The van der Waals surface area contributed by atoms with E-state index in [1.54, 1.807) is 28.7 Å². The van der Waals surface area contributed by atoms with E-state index in [4.69, 9.17) is 0 Å². The first-order valence-corrected chi connectivity index (χ1v) is 6.95. The van der Waals surface area contributed by atoms with Gasteiger partial charge in [-0.2, -0.15) is 0 Å². The number of thiophene rings is 2. The van der Waals surface area contributed by atoms with Crippen LogP contribution in [-0.4, -0.2) is 0 Å². The van der Waals surface area contributed by atoms with Crippen LogP contribution in [-0.2, 0) is 0 Å². The summed E-state index contributed by atoms with van der Waals surface area (Å²) in [6.45, 7) is 0. The summed E-state index contributed by atoms with van der Waals surface area (Å²) in [4.78, 5) is 0. The molecule has 0 N–H and O–H groups in total. The highest BCUT2D eigenvalue weighted by atomic mass is 32.1. The molecule has 2 aromatic carbocycles. The topological polar surface area (TPSA) is 0 Å². The quantitative estimate of drug-likeness (QED) is 0.395. The third-order valence-electron chi connectivity index (χ3n) is 2.95. The maximum atomic E-state index is 13.3. The molecule has 4 rings (SSSR count). The average molecular weight is 258 g/mol. The van der Waals surface area contributed by atoms with Gasteiger partial charge >= 0.3 is 0 Å². The van der Waals surface area contributed by atoms with Crippen molar-refractivity contribution in [2.24, 2.45) is 0 Å². The van der Waals surface area contributed by atoms with Gasteiger partial charge in [-0.15, -0.1) is 22.7 Å². The van der Waals surface area contributed by atoms with Crippen molar-refractivity contribution < 1.29 is 4.39 Å². The minimum Gasteiger partial charge on any atom is -0.207 e. The van der Waals surface area contributed by atoms with E-state index in [1.165, 1.54) is 30.3 Å². The van der Waals surface area contributed by atoms with Crippen molar-refractivity contribution in [2.45, 2.75) is 0 Å². The number of halogens is 1. The van der Waals surface area contributed by atoms with Crippen LogP contribution in [0.15, 0.2) is 42.5 Å². The van der Waals surface area contributed by atoms with E-state index in [0.29, 0.717) is 0 Å². The molecule has 0 fully saturated rings. The average Bonchev–Trinajstić information content (AvgIpc) is 2.85. The molecule has 3 heteroatoms. The molecule has 2 aromatic heterocycles. The number of rotatable bonds is 0. The van der Waals surface area contributed by atoms with E-state index in [2.05, 4.69) is 18.2 Å². The summed E-state index contributed by atoms with van der Waals surface area (Å²) >= 11 is 3.50. The molecule has 0 saturated carbocycles. The molecule has 0 bridgehead atoms. The van der Waals surface area contributed by atoms with Crippen molar-refractivity contribution in [1.82, 2.24) is 0 Å². The summed E-state index contributed by atoms with van der Waals surface area (Å²) in [7, 11) is 0. The van der Waals surface area contributed by atoms with E-state index in [-0.39, 0.29) is 5.82 Å². The van der Waals surface area contributed by atoms with Crippen molar-refractivity contribution in [3.05, 3.63) is 48.3 Å². The zero-order chi connectivity index (χ0) is 11.4. The van der Waals surface area contributed by atoms with Gasteiger partial charge in [-0.3, -0.25) is 0 Å². The first-order valence-electron chi connectivity index (χ1n) is 5.32. The third-order valence-corrected chi connectivity index (χ3v) is 5.49. The molecule has 0 aliphatic heterocycles. The fourth-order valence-electron chi connectivity index (χ4n) is 2.18. The van der Waals surface area contributed by atoms with Gasteiger partial charge in [-0.05, 0) is 24.3 Å². The van der Waals surface area contributed by atoms with Gasteiger partial charge in [0.05, 0.1) is 9.40 Å². The van der Waals surface area contributed by atoms with Crippen LogP contribution < -0.4 is 0 Å². The fraction of sp³-hybridized carbons (Fsp3) is 0. The molecular formula is C14H7FS2. The Morgan fingerprint density at radius 2 is 1.47 bits per heavy atom. The number of benzene rings is 2. The minimum atomic E-state index is -0.158. The maximum Gasteiger partial charge on any atom is 0.123 e. The largest absolute Gasteiger partial charge is 0.207 e. The van der Waals surface area contributed by atoms with Crippen molar-refractivity contribution in [3.63, 3.8) is 0 Å². The molecule has 0 radical (unpaired) electrons. The first kappa shape index (κ1) is 9.57. The van der Waals surface area contributed by atoms with Crippen molar-refractivity contribution in [3.8, 4) is 0 Å². The molecule has 0 unspecified atom stereocenters. The van der Waals surface area contributed by atoms with Gasteiger partial charge in [0.2, 0.25) is 0 Å². The van der Waals surface area contributed by atoms with Crippen LogP contribution in [0, 0.1) is 5.82 Å². The Labute approximate surface area is 105 Å². The van der Waals surface area contributed by atoms with Gasteiger partial charge in [-0.25, -0.2) is 4.39 Å². The van der Waals surface area contributed by atoms with Crippen LogP contribution in [0.3, 0.4) is 0 Å². The highest BCUT2D eigenvalue weighted by Crippen LogP contribution is 2.43. The van der Waals surface area contributed by atoms with Crippen molar-refractivity contribution in [1.29, 1.82) is 0 Å². The van der Waals surface area contributed by atoms with Crippen molar-refractivity contribution >= 4 is 52.2 Å². The monoisotopic (exact) mass is 258 g/mol. The molecule has 0 aliphatic carbocycles. The molecule has 0 spiro atoms. The third kappa shape index (κ3) is 1.27. The molecule has 2 heterocycles. The van der Waals surface area contributed by atoms with Crippen molar-refractivity contribution in [2.75, 3.05) is 0 Å². The lowest BCUT2D eigenvalue weighted by Gasteiger charge is -1.89. The number of fused-ring (bicyclic) bond motifs is 5. The zero-order valence-corrected chi connectivity index (χ0v) is 10.4. The van der Waals surface area contributed by atoms with Crippen LogP contribution >= 0.6 is 22.7 Å². The predicted octanol–water partition coefficient (Wildman–Crippen LogP) is 5.41. The van der Waals surface area contributed by atoms with Gasteiger partial charge in [0.15, 0.2) is 0 Å². The molecule has 82 valence electrons. The summed E-state index contributed by atoms with van der Waals surface area (Å²) in [6, 6.07) is 13.4. The van der Waals surface area contributed by atoms with Crippen LogP contribution in [0.25, 0.3) is 29.6 Å². The SMILES string of the molecule is Fc1ccc2sc3c4ccccc4sc3c2c1. The lowest BCUT2D eigenvalue weighted by atomic mass is 10.2. The molecule has 0 nitrogen and oxygen atoms in total. The number of hydrogen-bond donors (Lipinski definition) is 0. The smallest absolute Gasteiger partial charge is 0.123 e. The maximum absolute atomic E-state index is 13.3. The van der Waals surface area contributed by atoms with E-state index < -0.39 is 0 Å². The van der Waals surface area contributed by atoms with Gasteiger partial charge in [0, 0.05) is 20.2 Å². The second-order valence-corrected chi connectivity index (χ2v) is 6.10. The molecule has 0 saturated heterocycles. The Morgan fingerprint density at radius 3 is 2.35 bits per heavy atom. The van der Waals surface area contributed by atoms with Crippen LogP contribution in [0.1, 0.15) is 0 Å². The molecular weight excluding hydrogens is 251 g/mol. The standard InChI is InChI=1S/C14H7FS2/c15-8-5-6-12-10(7-8)14-13(17-12)9-3-1-2-4-11(9)16-14/h1-7H. The summed E-state index contributed by atoms with van der Waals surface area (Å²) in [6.07, 6.45) is 0. The van der Waals surface area contributed by atoms with Gasteiger partial charge in [-0.1, -0.05) is 18.2 Å². The minimum absolute atomic E-state index is 0.158. The summed E-state index contributed by atoms with van der Waals surface area (Å²) in [5.41, 5.74) is 0. The van der Waals surface area contributed by atoms with E-state index in [9.17, 15) is 4.39 Å². The summed E-state index contributed by atoms with van der Waals surface area (Å²) in [5.74, 6) is -0.158. The van der Waals surface area contributed by atoms with E-state index in [0.717, 1.165) is 5.39 Å². The Hall–Kier alpha value is -1.45. The molecule has 17 heavy (non-hydrogen) atoms. The summed E-state index contributed by atoms with van der Waals surface area (Å²) < 4.78 is 18.2. The fourth-order valence-corrected chi connectivity index (χ4v) is 4.80. The van der Waals surface area contributed by atoms with Gasteiger partial charge in [0.25, 0.3) is 0 Å². The van der Waals surface area contributed by atoms with Crippen LogP contribution in [0.2, 0.25) is 0 Å². The van der Waals surface area contributed by atoms with Crippen LogP contribution in [0.5, 0.6) is 0 Å². The Morgan fingerprint density at radius 1 is 0.765 bits per heavy atom. The van der Waals surface area contributed by atoms with E-state index in [1.807, 2.05) is 12.1 Å². The zero-order valence-electron chi connectivity index (χ0n) is 8.74.